The Hall–Kier alpha value is -4.26. The summed E-state index contributed by atoms with van der Waals surface area (Å²) < 4.78 is 14.2. The summed E-state index contributed by atoms with van der Waals surface area (Å²) in [7, 11) is 1.54. The van der Waals surface area contributed by atoms with Crippen LogP contribution in [0.5, 0.6) is 11.5 Å². The van der Waals surface area contributed by atoms with Gasteiger partial charge in [-0.05, 0) is 56.1 Å². The van der Waals surface area contributed by atoms with E-state index in [1.165, 1.54) is 11.8 Å². The number of hydrogen-bond donors (Lipinski definition) is 0. The van der Waals surface area contributed by atoms with Crippen molar-refractivity contribution < 1.29 is 9.47 Å². The number of halogens is 2. The molecular formula is C30H20Br2N4O3. The molecule has 0 aliphatic carbocycles. The SMILES string of the molecule is COc1cc(C=Nn2c(-c3ccccc3)nc3ccccc3c2=O)c(Br)c(Br)c1OCc1ccccc1C#N. The minimum Gasteiger partial charge on any atom is -0.493 e. The molecule has 0 amide bonds. The Morgan fingerprint density at radius 1 is 1.00 bits per heavy atom. The molecule has 5 rings (SSSR count). The first kappa shape index (κ1) is 26.4. The first-order valence-corrected chi connectivity index (χ1v) is 13.4. The number of para-hydroxylation sites is 1. The molecule has 4 aromatic carbocycles. The van der Waals surface area contributed by atoms with Gasteiger partial charge >= 0.3 is 0 Å². The molecule has 0 saturated heterocycles. The van der Waals surface area contributed by atoms with Gasteiger partial charge in [0, 0.05) is 21.2 Å². The molecule has 1 aromatic heterocycles. The monoisotopic (exact) mass is 642 g/mol. The van der Waals surface area contributed by atoms with E-state index >= 15 is 0 Å². The van der Waals surface area contributed by atoms with E-state index in [-0.39, 0.29) is 12.2 Å². The van der Waals surface area contributed by atoms with Crippen LogP contribution in [0.4, 0.5) is 0 Å². The molecule has 0 unspecified atom stereocenters. The molecule has 0 fully saturated rings. The molecular weight excluding hydrogens is 624 g/mol. The summed E-state index contributed by atoms with van der Waals surface area (Å²) in [4.78, 5) is 18.2. The number of benzene rings is 4. The van der Waals surface area contributed by atoms with Crippen LogP contribution in [0, 0.1) is 11.3 Å². The van der Waals surface area contributed by atoms with Gasteiger partial charge in [0.1, 0.15) is 6.61 Å². The Balaban J connectivity index is 1.56. The second-order valence-electron chi connectivity index (χ2n) is 8.36. The summed E-state index contributed by atoms with van der Waals surface area (Å²) in [6.45, 7) is 0.178. The third kappa shape index (κ3) is 5.35. The smallest absolute Gasteiger partial charge is 0.282 e. The van der Waals surface area contributed by atoms with Gasteiger partial charge in [0.05, 0.1) is 40.3 Å². The van der Waals surface area contributed by atoms with E-state index in [9.17, 15) is 10.1 Å². The fraction of sp³-hybridized carbons (Fsp3) is 0.0667. The zero-order valence-corrected chi connectivity index (χ0v) is 23.8. The summed E-state index contributed by atoms with van der Waals surface area (Å²) >= 11 is 7.21. The van der Waals surface area contributed by atoms with Crippen molar-refractivity contribution >= 4 is 49.0 Å². The predicted molar refractivity (Wildman–Crippen MR) is 158 cm³/mol. The number of rotatable bonds is 7. The topological polar surface area (TPSA) is 89.5 Å². The van der Waals surface area contributed by atoms with Gasteiger partial charge in [0.25, 0.3) is 5.56 Å². The van der Waals surface area contributed by atoms with Gasteiger partial charge in [-0.1, -0.05) is 60.7 Å². The molecule has 0 aliphatic heterocycles. The molecule has 0 spiro atoms. The van der Waals surface area contributed by atoms with Crippen LogP contribution in [-0.2, 0) is 6.61 Å². The summed E-state index contributed by atoms with van der Waals surface area (Å²) in [6.07, 6.45) is 1.57. The fourth-order valence-corrected chi connectivity index (χ4v) is 4.95. The lowest BCUT2D eigenvalue weighted by molar-refractivity contribution is 0.282. The van der Waals surface area contributed by atoms with Gasteiger partial charge in [0.15, 0.2) is 17.3 Å². The van der Waals surface area contributed by atoms with Crippen molar-refractivity contribution in [2.45, 2.75) is 6.61 Å². The maximum atomic E-state index is 13.5. The van der Waals surface area contributed by atoms with Crippen molar-refractivity contribution in [2.24, 2.45) is 5.10 Å². The number of methoxy groups -OCH3 is 1. The lowest BCUT2D eigenvalue weighted by Crippen LogP contribution is -2.20. The molecule has 9 heteroatoms. The first-order valence-electron chi connectivity index (χ1n) is 11.8. The second kappa shape index (κ2) is 11.6. The van der Waals surface area contributed by atoms with E-state index in [1.54, 1.807) is 30.5 Å². The van der Waals surface area contributed by atoms with Crippen LogP contribution in [0.25, 0.3) is 22.3 Å². The maximum absolute atomic E-state index is 13.5. The van der Waals surface area contributed by atoms with Gasteiger partial charge in [0.2, 0.25) is 0 Å². The van der Waals surface area contributed by atoms with E-state index < -0.39 is 0 Å². The third-order valence-corrected chi connectivity index (χ3v) is 8.13. The number of hydrogen-bond acceptors (Lipinski definition) is 6. The van der Waals surface area contributed by atoms with Crippen molar-refractivity contribution in [3.63, 3.8) is 0 Å². The Morgan fingerprint density at radius 3 is 2.49 bits per heavy atom. The molecule has 1 heterocycles. The summed E-state index contributed by atoms with van der Waals surface area (Å²) in [5, 5.41) is 14.4. The summed E-state index contributed by atoms with van der Waals surface area (Å²) in [5.74, 6) is 1.34. The molecule has 5 aromatic rings. The van der Waals surface area contributed by atoms with Crippen molar-refractivity contribution in [2.75, 3.05) is 7.11 Å². The zero-order chi connectivity index (χ0) is 27.4. The van der Waals surface area contributed by atoms with Crippen molar-refractivity contribution in [3.05, 3.63) is 121 Å². The van der Waals surface area contributed by atoms with Crippen molar-refractivity contribution in [3.8, 4) is 29.0 Å². The average Bonchev–Trinajstić information content (AvgIpc) is 2.98. The molecule has 0 atom stereocenters. The van der Waals surface area contributed by atoms with Gasteiger partial charge in [-0.15, -0.1) is 0 Å². The van der Waals surface area contributed by atoms with Crippen LogP contribution in [0.3, 0.4) is 0 Å². The highest BCUT2D eigenvalue weighted by atomic mass is 79.9. The molecule has 0 N–H and O–H groups in total. The van der Waals surface area contributed by atoms with Gasteiger partial charge in [-0.3, -0.25) is 4.79 Å². The highest BCUT2D eigenvalue weighted by Gasteiger charge is 2.18. The molecule has 39 heavy (non-hydrogen) atoms. The number of fused-ring (bicyclic) bond motifs is 1. The molecule has 0 saturated carbocycles. The van der Waals surface area contributed by atoms with Gasteiger partial charge < -0.3 is 9.47 Å². The molecule has 7 nitrogen and oxygen atoms in total. The minimum atomic E-state index is -0.283. The van der Waals surface area contributed by atoms with Crippen molar-refractivity contribution in [1.29, 1.82) is 5.26 Å². The summed E-state index contributed by atoms with van der Waals surface area (Å²) in [6, 6.07) is 27.8. The highest BCUT2D eigenvalue weighted by molar-refractivity contribution is 9.13. The van der Waals surface area contributed by atoms with Crippen LogP contribution >= 0.6 is 31.9 Å². The lowest BCUT2D eigenvalue weighted by atomic mass is 10.1. The summed E-state index contributed by atoms with van der Waals surface area (Å²) in [5.41, 5.74) is 3.01. The van der Waals surface area contributed by atoms with Crippen LogP contribution in [0.1, 0.15) is 16.7 Å². The number of nitrogens with zero attached hydrogens (tertiary/aromatic N) is 4. The van der Waals surface area contributed by atoms with E-state index in [1.807, 2.05) is 60.7 Å². The average molecular weight is 644 g/mol. The van der Waals surface area contributed by atoms with E-state index in [4.69, 9.17) is 14.5 Å². The lowest BCUT2D eigenvalue weighted by Gasteiger charge is -2.16. The fourth-order valence-electron chi connectivity index (χ4n) is 4.01. The molecule has 192 valence electrons. The van der Waals surface area contributed by atoms with E-state index in [2.05, 4.69) is 43.0 Å². The zero-order valence-electron chi connectivity index (χ0n) is 20.6. The molecule has 0 bridgehead atoms. The number of nitriles is 1. The maximum Gasteiger partial charge on any atom is 0.282 e. The quantitative estimate of drug-likeness (QED) is 0.179. The Kier molecular flexibility index (Phi) is 7.87. The van der Waals surface area contributed by atoms with Gasteiger partial charge in [-0.2, -0.15) is 15.0 Å². The first-order chi connectivity index (χ1) is 19.0. The standard InChI is InChI=1S/C30H20Br2N4O3/c1-38-25-15-22(26(31)27(32)28(25)39-18-21-12-6-5-11-20(21)16-33)17-34-36-29(19-9-3-2-4-10-19)35-24-14-8-7-13-23(24)30(36)37/h2-15,17H,18H2,1H3. The number of ether oxygens (including phenoxy) is 2. The third-order valence-electron chi connectivity index (χ3n) is 5.98. The van der Waals surface area contributed by atoms with Crippen LogP contribution in [-0.4, -0.2) is 23.0 Å². The highest BCUT2D eigenvalue weighted by Crippen LogP contribution is 2.42. The Morgan fingerprint density at radius 2 is 1.72 bits per heavy atom. The van der Waals surface area contributed by atoms with E-state index in [0.29, 0.717) is 48.3 Å². The Labute approximate surface area is 241 Å². The van der Waals surface area contributed by atoms with Crippen LogP contribution in [0.2, 0.25) is 0 Å². The Bertz CT molecular complexity index is 1810. The normalized spacial score (nSPS) is 11.0. The van der Waals surface area contributed by atoms with Gasteiger partial charge in [-0.25, -0.2) is 4.98 Å². The molecule has 0 radical (unpaired) electrons. The largest absolute Gasteiger partial charge is 0.493 e. The minimum absolute atomic E-state index is 0.178. The second-order valence-corrected chi connectivity index (χ2v) is 9.95. The van der Waals surface area contributed by atoms with E-state index in [0.717, 1.165) is 11.1 Å². The molecule has 0 aliphatic rings. The van der Waals surface area contributed by atoms with Crippen LogP contribution < -0.4 is 15.0 Å². The van der Waals surface area contributed by atoms with Crippen molar-refractivity contribution in [1.82, 2.24) is 9.66 Å². The number of aromatic nitrogens is 2. The van der Waals surface area contributed by atoms with Crippen LogP contribution in [0.15, 0.2) is 104 Å². The predicted octanol–water partition coefficient (Wildman–Crippen LogP) is 6.93.